The molecule has 202 valence electrons. The summed E-state index contributed by atoms with van der Waals surface area (Å²) in [6, 6.07) is 19.3. The molecule has 4 aromatic rings. The number of amides is 1. The van der Waals surface area contributed by atoms with Gasteiger partial charge in [-0.25, -0.2) is 0 Å². The Morgan fingerprint density at radius 1 is 1.00 bits per heavy atom. The molecule has 1 fully saturated rings. The summed E-state index contributed by atoms with van der Waals surface area (Å²) < 4.78 is 47.4. The Hall–Kier alpha value is -4.03. The van der Waals surface area contributed by atoms with Crippen LogP contribution in [0.3, 0.4) is 0 Å². The summed E-state index contributed by atoms with van der Waals surface area (Å²) in [5.74, 6) is -0.225. The van der Waals surface area contributed by atoms with Crippen LogP contribution in [0.2, 0.25) is 0 Å². The van der Waals surface area contributed by atoms with Crippen molar-refractivity contribution in [1.29, 1.82) is 0 Å². The number of carbonyl (C=O) groups is 1. The third-order valence-electron chi connectivity index (χ3n) is 6.07. The molecule has 1 saturated heterocycles. The van der Waals surface area contributed by atoms with Crippen molar-refractivity contribution in [1.82, 2.24) is 14.8 Å². The van der Waals surface area contributed by atoms with E-state index in [1.165, 1.54) is 6.07 Å². The van der Waals surface area contributed by atoms with E-state index >= 15 is 0 Å². The lowest BCUT2D eigenvalue weighted by molar-refractivity contribution is -0.137. The highest BCUT2D eigenvalue weighted by Gasteiger charge is 2.32. The van der Waals surface area contributed by atoms with Gasteiger partial charge in [-0.2, -0.15) is 13.2 Å². The van der Waals surface area contributed by atoms with Crippen molar-refractivity contribution < 1.29 is 27.8 Å². The molecule has 39 heavy (non-hydrogen) atoms. The smallest absolute Gasteiger partial charge is 0.416 e. The number of ether oxygens (including phenoxy) is 1. The number of para-hydroxylation sites is 2. The van der Waals surface area contributed by atoms with Crippen LogP contribution in [-0.2, 0) is 15.7 Å². The summed E-state index contributed by atoms with van der Waals surface area (Å²) >= 11 is 1.08. The molecule has 0 unspecified atom stereocenters. The van der Waals surface area contributed by atoms with Crippen molar-refractivity contribution in [2.75, 3.05) is 42.3 Å². The molecule has 0 atom stereocenters. The maximum atomic E-state index is 13.4. The summed E-state index contributed by atoms with van der Waals surface area (Å²) in [6.45, 7) is 1.88. The number of nitrogens with zero attached hydrogens (tertiary/aromatic N) is 4. The highest BCUT2D eigenvalue weighted by atomic mass is 32.2. The minimum absolute atomic E-state index is 0.0246. The van der Waals surface area contributed by atoms with Crippen LogP contribution in [0.15, 0.2) is 78.0 Å². The highest BCUT2D eigenvalue weighted by molar-refractivity contribution is 7.99. The van der Waals surface area contributed by atoms with Crippen molar-refractivity contribution in [3.05, 3.63) is 78.4 Å². The van der Waals surface area contributed by atoms with E-state index in [-0.39, 0.29) is 17.2 Å². The standard InChI is InChI=1S/C27H24F3N5O3S/c28-27(29,30)18-10-11-22(34-12-14-38-15-13-34)21(16-18)31-24(37)17-39-26-33-32-25(20-8-4-5-9-23(20)36)35(26)19-6-2-1-3-7-19/h1-11,16,36H,12-15,17H2,(H,31,37). The molecule has 1 amide bonds. The molecular weight excluding hydrogens is 531 g/mol. The molecule has 0 saturated carbocycles. The molecule has 12 heteroatoms. The number of benzene rings is 3. The van der Waals surface area contributed by atoms with E-state index in [0.29, 0.717) is 48.5 Å². The van der Waals surface area contributed by atoms with Gasteiger partial charge in [0.1, 0.15) is 5.75 Å². The second kappa shape index (κ2) is 11.4. The van der Waals surface area contributed by atoms with Gasteiger partial charge in [0.15, 0.2) is 11.0 Å². The van der Waals surface area contributed by atoms with E-state index in [9.17, 15) is 23.1 Å². The van der Waals surface area contributed by atoms with Gasteiger partial charge in [0.05, 0.1) is 41.5 Å². The topological polar surface area (TPSA) is 92.5 Å². The van der Waals surface area contributed by atoms with E-state index in [1.54, 1.807) is 28.8 Å². The molecule has 1 aliphatic rings. The SMILES string of the molecule is O=C(CSc1nnc(-c2ccccc2O)n1-c1ccccc1)Nc1cc(C(F)(F)F)ccc1N1CCOCC1. The zero-order valence-electron chi connectivity index (χ0n) is 20.6. The van der Waals surface area contributed by atoms with E-state index in [0.717, 1.165) is 29.6 Å². The molecule has 8 nitrogen and oxygen atoms in total. The number of aromatic hydroxyl groups is 1. The van der Waals surface area contributed by atoms with Crippen LogP contribution in [0.1, 0.15) is 5.56 Å². The molecule has 0 spiro atoms. The minimum atomic E-state index is -4.55. The number of morpholine rings is 1. The first-order chi connectivity index (χ1) is 18.8. The minimum Gasteiger partial charge on any atom is -0.507 e. The summed E-state index contributed by atoms with van der Waals surface area (Å²) in [5.41, 5.74) is 0.912. The first-order valence-electron chi connectivity index (χ1n) is 12.1. The van der Waals surface area contributed by atoms with Gasteiger partial charge in [0.2, 0.25) is 5.91 Å². The molecule has 1 aliphatic heterocycles. The van der Waals surface area contributed by atoms with Gasteiger partial charge in [-0.15, -0.1) is 10.2 Å². The number of rotatable bonds is 7. The lowest BCUT2D eigenvalue weighted by Crippen LogP contribution is -2.37. The van der Waals surface area contributed by atoms with Crippen molar-refractivity contribution in [2.45, 2.75) is 11.3 Å². The van der Waals surface area contributed by atoms with Crippen LogP contribution in [0.4, 0.5) is 24.5 Å². The molecular formula is C27H24F3N5O3S. The lowest BCUT2D eigenvalue weighted by atomic mass is 10.1. The van der Waals surface area contributed by atoms with Crippen LogP contribution in [-0.4, -0.2) is 57.8 Å². The number of halogens is 3. The zero-order valence-corrected chi connectivity index (χ0v) is 21.4. The number of hydrogen-bond donors (Lipinski definition) is 2. The number of phenols is 1. The maximum Gasteiger partial charge on any atom is 0.416 e. The van der Waals surface area contributed by atoms with Crippen LogP contribution in [0.25, 0.3) is 17.1 Å². The first-order valence-corrected chi connectivity index (χ1v) is 13.1. The Kier molecular flexibility index (Phi) is 7.75. The van der Waals surface area contributed by atoms with Crippen LogP contribution >= 0.6 is 11.8 Å². The normalized spacial score (nSPS) is 13.9. The fourth-order valence-electron chi connectivity index (χ4n) is 4.22. The van der Waals surface area contributed by atoms with Crippen LogP contribution in [0.5, 0.6) is 5.75 Å². The number of carbonyl (C=O) groups excluding carboxylic acids is 1. The number of phenolic OH excluding ortho intramolecular Hbond substituents is 1. The molecule has 0 bridgehead atoms. The number of thioether (sulfide) groups is 1. The van der Waals surface area contributed by atoms with E-state index in [2.05, 4.69) is 15.5 Å². The van der Waals surface area contributed by atoms with Crippen molar-refractivity contribution in [3.63, 3.8) is 0 Å². The highest BCUT2D eigenvalue weighted by Crippen LogP contribution is 2.36. The van der Waals surface area contributed by atoms with E-state index < -0.39 is 17.6 Å². The number of hydrogen-bond acceptors (Lipinski definition) is 7. The van der Waals surface area contributed by atoms with Gasteiger partial charge in [-0.1, -0.05) is 42.1 Å². The van der Waals surface area contributed by atoms with Gasteiger partial charge in [-0.3, -0.25) is 9.36 Å². The maximum absolute atomic E-state index is 13.4. The Balaban J connectivity index is 1.40. The van der Waals surface area contributed by atoms with Crippen molar-refractivity contribution in [2.24, 2.45) is 0 Å². The fourth-order valence-corrected chi connectivity index (χ4v) is 4.97. The average Bonchev–Trinajstić information content (AvgIpc) is 3.36. The second-order valence-electron chi connectivity index (χ2n) is 8.66. The van der Waals surface area contributed by atoms with Crippen molar-refractivity contribution >= 4 is 29.0 Å². The summed E-state index contributed by atoms with van der Waals surface area (Å²) in [7, 11) is 0. The van der Waals surface area contributed by atoms with Gasteiger partial charge in [0.25, 0.3) is 0 Å². The first kappa shape index (κ1) is 26.6. The van der Waals surface area contributed by atoms with Gasteiger partial charge in [0, 0.05) is 18.8 Å². The van der Waals surface area contributed by atoms with E-state index in [1.807, 2.05) is 35.2 Å². The lowest BCUT2D eigenvalue weighted by Gasteiger charge is -2.31. The summed E-state index contributed by atoms with van der Waals surface area (Å²) in [6.07, 6.45) is -4.55. The summed E-state index contributed by atoms with van der Waals surface area (Å²) in [5, 5.41) is 21.9. The third-order valence-corrected chi connectivity index (χ3v) is 7.00. The largest absolute Gasteiger partial charge is 0.507 e. The fraction of sp³-hybridized carbons (Fsp3) is 0.222. The van der Waals surface area contributed by atoms with E-state index in [4.69, 9.17) is 4.74 Å². The number of aromatic nitrogens is 3. The third kappa shape index (κ3) is 6.02. The molecule has 1 aromatic heterocycles. The van der Waals surface area contributed by atoms with Crippen molar-refractivity contribution in [3.8, 4) is 22.8 Å². The van der Waals surface area contributed by atoms with Crippen LogP contribution < -0.4 is 10.2 Å². The molecule has 5 rings (SSSR count). The van der Waals surface area contributed by atoms with Gasteiger partial charge >= 0.3 is 6.18 Å². The zero-order chi connectivity index (χ0) is 27.4. The van der Waals surface area contributed by atoms with Gasteiger partial charge in [-0.05, 0) is 42.5 Å². The summed E-state index contributed by atoms with van der Waals surface area (Å²) in [4.78, 5) is 14.9. The Labute approximate surface area is 226 Å². The van der Waals surface area contributed by atoms with Gasteiger partial charge < -0.3 is 20.1 Å². The second-order valence-corrected chi connectivity index (χ2v) is 9.60. The predicted octanol–water partition coefficient (Wildman–Crippen LogP) is 5.23. The average molecular weight is 556 g/mol. The Morgan fingerprint density at radius 3 is 2.44 bits per heavy atom. The number of anilines is 2. The number of nitrogens with one attached hydrogen (secondary N) is 1. The van der Waals surface area contributed by atoms with Crippen LogP contribution in [0, 0.1) is 0 Å². The monoisotopic (exact) mass is 555 g/mol. The molecule has 2 heterocycles. The molecule has 3 aromatic carbocycles. The molecule has 0 aliphatic carbocycles. The quantitative estimate of drug-likeness (QED) is 0.302. The Morgan fingerprint density at radius 2 is 1.72 bits per heavy atom. The molecule has 0 radical (unpaired) electrons. The Bertz CT molecular complexity index is 1460. The number of alkyl halides is 3. The predicted molar refractivity (Wildman–Crippen MR) is 142 cm³/mol. The molecule has 2 N–H and O–H groups in total.